The van der Waals surface area contributed by atoms with Gasteiger partial charge in [-0.3, -0.25) is 14.5 Å². The van der Waals surface area contributed by atoms with Crippen LogP contribution in [-0.2, 0) is 17.9 Å². The minimum atomic E-state index is -0.649. The summed E-state index contributed by atoms with van der Waals surface area (Å²) in [5, 5.41) is 5.60. The average Bonchev–Trinajstić information content (AvgIpc) is 3.21. The Balaban J connectivity index is 1.55. The summed E-state index contributed by atoms with van der Waals surface area (Å²) >= 11 is 0. The molecule has 2 amide bonds. The van der Waals surface area contributed by atoms with Crippen LogP contribution in [0.25, 0.3) is 0 Å². The Hall–Kier alpha value is -2.60. The fourth-order valence-electron chi connectivity index (χ4n) is 4.12. The number of likely N-dealkylation sites (tertiary alicyclic amines) is 1. The normalized spacial score (nSPS) is 20.8. The number of carbonyl (C=O) groups is 2. The predicted octanol–water partition coefficient (Wildman–Crippen LogP) is 3.19. The molecule has 1 saturated heterocycles. The van der Waals surface area contributed by atoms with Crippen LogP contribution in [0.2, 0.25) is 0 Å². The van der Waals surface area contributed by atoms with Gasteiger partial charge in [-0.15, -0.1) is 0 Å². The molecule has 3 atom stereocenters. The Bertz CT molecular complexity index is 809. The standard InChI is InChI=1S/C23H31N3O3/c1-16-11-17(2)14-26(13-16)15-20-8-5-4-7-19(20)12-24-22(27)18(3)25-23(28)21-9-6-10-29-21/h4-10,16-18H,11-15H2,1-3H3,(H,24,27)(H,25,28)/t16-,17-,18-/m1/s1. The molecule has 0 spiro atoms. The Morgan fingerprint density at radius 1 is 1.10 bits per heavy atom. The highest BCUT2D eigenvalue weighted by Gasteiger charge is 2.22. The van der Waals surface area contributed by atoms with Crippen molar-refractivity contribution in [3.63, 3.8) is 0 Å². The van der Waals surface area contributed by atoms with Gasteiger partial charge in [0, 0.05) is 26.2 Å². The molecule has 1 fully saturated rings. The molecular formula is C23H31N3O3. The fourth-order valence-corrected chi connectivity index (χ4v) is 4.12. The smallest absolute Gasteiger partial charge is 0.287 e. The highest BCUT2D eigenvalue weighted by atomic mass is 16.3. The SMILES string of the molecule is C[C@@H]1C[C@@H](C)CN(Cc2ccccc2CNC(=O)[C@@H](C)NC(=O)c2ccco2)C1. The molecule has 1 aromatic heterocycles. The number of nitrogens with zero attached hydrogens (tertiary/aromatic N) is 1. The van der Waals surface area contributed by atoms with E-state index in [1.165, 1.54) is 18.2 Å². The van der Waals surface area contributed by atoms with E-state index in [4.69, 9.17) is 4.42 Å². The van der Waals surface area contributed by atoms with Gasteiger partial charge >= 0.3 is 0 Å². The molecule has 3 rings (SSSR count). The second kappa shape index (κ2) is 9.74. The van der Waals surface area contributed by atoms with Crippen LogP contribution < -0.4 is 10.6 Å². The van der Waals surface area contributed by atoms with E-state index >= 15 is 0 Å². The van der Waals surface area contributed by atoms with Crippen LogP contribution in [0, 0.1) is 11.8 Å². The first-order chi connectivity index (χ1) is 13.9. The van der Waals surface area contributed by atoms with E-state index < -0.39 is 11.9 Å². The van der Waals surface area contributed by atoms with Crippen molar-refractivity contribution < 1.29 is 14.0 Å². The van der Waals surface area contributed by atoms with Gasteiger partial charge in [-0.2, -0.15) is 0 Å². The first-order valence-electron chi connectivity index (χ1n) is 10.3. The third-order valence-electron chi connectivity index (χ3n) is 5.40. The Kier molecular flexibility index (Phi) is 7.09. The van der Waals surface area contributed by atoms with E-state index in [0.717, 1.165) is 25.2 Å². The van der Waals surface area contributed by atoms with Gasteiger partial charge in [-0.25, -0.2) is 0 Å². The zero-order valence-corrected chi connectivity index (χ0v) is 17.5. The maximum absolute atomic E-state index is 12.4. The number of nitrogens with one attached hydrogen (secondary N) is 2. The van der Waals surface area contributed by atoms with E-state index in [1.54, 1.807) is 19.1 Å². The molecule has 6 heteroatoms. The zero-order chi connectivity index (χ0) is 20.8. The van der Waals surface area contributed by atoms with Crippen molar-refractivity contribution >= 4 is 11.8 Å². The van der Waals surface area contributed by atoms with Crippen LogP contribution in [0.15, 0.2) is 47.1 Å². The van der Waals surface area contributed by atoms with Crippen molar-refractivity contribution in [3.8, 4) is 0 Å². The number of hydrogen-bond donors (Lipinski definition) is 2. The number of benzene rings is 1. The van der Waals surface area contributed by atoms with E-state index in [2.05, 4.69) is 41.5 Å². The molecule has 0 bridgehead atoms. The Morgan fingerprint density at radius 3 is 2.45 bits per heavy atom. The van der Waals surface area contributed by atoms with Gasteiger partial charge in [0.1, 0.15) is 6.04 Å². The number of furan rings is 1. The van der Waals surface area contributed by atoms with Crippen molar-refractivity contribution in [1.29, 1.82) is 0 Å². The van der Waals surface area contributed by atoms with Crippen LogP contribution >= 0.6 is 0 Å². The van der Waals surface area contributed by atoms with Gasteiger partial charge in [0.05, 0.1) is 6.26 Å². The van der Waals surface area contributed by atoms with E-state index in [1.807, 2.05) is 12.1 Å². The molecule has 2 aromatic rings. The summed E-state index contributed by atoms with van der Waals surface area (Å²) in [7, 11) is 0. The lowest BCUT2D eigenvalue weighted by Crippen LogP contribution is -2.44. The number of carbonyl (C=O) groups excluding carboxylic acids is 2. The Labute approximate surface area is 172 Å². The minimum Gasteiger partial charge on any atom is -0.459 e. The van der Waals surface area contributed by atoms with Gasteiger partial charge in [-0.05, 0) is 48.4 Å². The second-order valence-electron chi connectivity index (χ2n) is 8.30. The summed E-state index contributed by atoms with van der Waals surface area (Å²) in [6.07, 6.45) is 2.72. The van der Waals surface area contributed by atoms with Crippen molar-refractivity contribution in [1.82, 2.24) is 15.5 Å². The zero-order valence-electron chi connectivity index (χ0n) is 17.5. The van der Waals surface area contributed by atoms with Crippen LogP contribution in [0.3, 0.4) is 0 Å². The molecule has 1 aliphatic heterocycles. The van der Waals surface area contributed by atoms with Gasteiger partial charge in [0.15, 0.2) is 5.76 Å². The topological polar surface area (TPSA) is 74.6 Å². The van der Waals surface area contributed by atoms with E-state index in [-0.39, 0.29) is 11.7 Å². The second-order valence-corrected chi connectivity index (χ2v) is 8.30. The quantitative estimate of drug-likeness (QED) is 0.752. The molecule has 2 heterocycles. The summed E-state index contributed by atoms with van der Waals surface area (Å²) in [4.78, 5) is 27.0. The lowest BCUT2D eigenvalue weighted by atomic mass is 9.91. The minimum absolute atomic E-state index is 0.194. The number of hydrogen-bond acceptors (Lipinski definition) is 4. The van der Waals surface area contributed by atoms with Crippen LogP contribution in [-0.4, -0.2) is 35.8 Å². The highest BCUT2D eigenvalue weighted by molar-refractivity contribution is 5.95. The van der Waals surface area contributed by atoms with Gasteiger partial charge in [0.25, 0.3) is 5.91 Å². The van der Waals surface area contributed by atoms with Gasteiger partial charge < -0.3 is 15.1 Å². The highest BCUT2D eigenvalue weighted by Crippen LogP contribution is 2.23. The third-order valence-corrected chi connectivity index (χ3v) is 5.40. The van der Waals surface area contributed by atoms with Crippen LogP contribution in [0.1, 0.15) is 48.9 Å². The maximum Gasteiger partial charge on any atom is 0.287 e. The first kappa shape index (κ1) is 21.1. The fraction of sp³-hybridized carbons (Fsp3) is 0.478. The number of amides is 2. The maximum atomic E-state index is 12.4. The molecule has 1 aromatic carbocycles. The largest absolute Gasteiger partial charge is 0.459 e. The van der Waals surface area contributed by atoms with E-state index in [9.17, 15) is 9.59 Å². The van der Waals surface area contributed by atoms with Gasteiger partial charge in [0.2, 0.25) is 5.91 Å². The summed E-state index contributed by atoms with van der Waals surface area (Å²) in [6, 6.07) is 10.8. The molecule has 0 saturated carbocycles. The molecule has 156 valence electrons. The Morgan fingerprint density at radius 2 is 1.79 bits per heavy atom. The van der Waals surface area contributed by atoms with E-state index in [0.29, 0.717) is 18.4 Å². The van der Waals surface area contributed by atoms with Crippen molar-refractivity contribution in [3.05, 3.63) is 59.5 Å². The van der Waals surface area contributed by atoms with Crippen LogP contribution in [0.4, 0.5) is 0 Å². The predicted molar refractivity (Wildman–Crippen MR) is 112 cm³/mol. The number of rotatable bonds is 7. The van der Waals surface area contributed by atoms with Crippen LogP contribution in [0.5, 0.6) is 0 Å². The third kappa shape index (κ3) is 5.94. The molecule has 6 nitrogen and oxygen atoms in total. The van der Waals surface area contributed by atoms with Gasteiger partial charge in [-0.1, -0.05) is 38.1 Å². The molecule has 0 unspecified atom stereocenters. The molecule has 29 heavy (non-hydrogen) atoms. The summed E-state index contributed by atoms with van der Waals surface area (Å²) in [5.74, 6) is 1.000. The molecule has 1 aliphatic rings. The lowest BCUT2D eigenvalue weighted by molar-refractivity contribution is -0.122. The number of piperidine rings is 1. The molecule has 0 radical (unpaired) electrons. The van der Waals surface area contributed by atoms with Crippen molar-refractivity contribution in [2.75, 3.05) is 13.1 Å². The van der Waals surface area contributed by atoms with Crippen molar-refractivity contribution in [2.45, 2.75) is 46.3 Å². The molecule has 0 aliphatic carbocycles. The monoisotopic (exact) mass is 397 g/mol. The molecular weight excluding hydrogens is 366 g/mol. The van der Waals surface area contributed by atoms with Crippen molar-refractivity contribution in [2.24, 2.45) is 11.8 Å². The summed E-state index contributed by atoms with van der Waals surface area (Å²) < 4.78 is 5.06. The first-order valence-corrected chi connectivity index (χ1v) is 10.3. The summed E-state index contributed by atoms with van der Waals surface area (Å²) in [6.45, 7) is 9.85. The average molecular weight is 398 g/mol. The molecule has 2 N–H and O–H groups in total. The lowest BCUT2D eigenvalue weighted by Gasteiger charge is -2.35. The summed E-state index contributed by atoms with van der Waals surface area (Å²) in [5.41, 5.74) is 2.35.